The highest BCUT2D eigenvalue weighted by Gasteiger charge is 2.14. The first-order valence-corrected chi connectivity index (χ1v) is 9.54. The quantitative estimate of drug-likeness (QED) is 0.491. The summed E-state index contributed by atoms with van der Waals surface area (Å²) in [5.41, 5.74) is 5.68. The van der Waals surface area contributed by atoms with Gasteiger partial charge in [-0.3, -0.25) is 25.8 Å². The molecule has 0 aliphatic heterocycles. The van der Waals surface area contributed by atoms with Gasteiger partial charge in [-0.05, 0) is 61.0 Å². The Bertz CT molecular complexity index is 841. The molecule has 0 saturated carbocycles. The topological polar surface area (TPSA) is 79.5 Å². The van der Waals surface area contributed by atoms with Crippen molar-refractivity contribution in [3.05, 3.63) is 64.7 Å². The molecular weight excluding hydrogens is 398 g/mol. The summed E-state index contributed by atoms with van der Waals surface area (Å²) < 4.78 is 5.71. The minimum absolute atomic E-state index is 0.0377. The van der Waals surface area contributed by atoms with E-state index >= 15 is 0 Å². The van der Waals surface area contributed by atoms with Crippen molar-refractivity contribution < 1.29 is 14.3 Å². The van der Waals surface area contributed by atoms with Crippen molar-refractivity contribution in [3.8, 4) is 5.75 Å². The van der Waals surface area contributed by atoms with Gasteiger partial charge in [-0.1, -0.05) is 37.6 Å². The van der Waals surface area contributed by atoms with Crippen LogP contribution in [0, 0.1) is 5.92 Å². The van der Waals surface area contributed by atoms with Crippen LogP contribution in [0.4, 0.5) is 0 Å². The molecule has 0 aliphatic carbocycles. The molecule has 2 amide bonds. The molecule has 2 aromatic carbocycles. The van der Waals surface area contributed by atoms with Gasteiger partial charge >= 0.3 is 0 Å². The molecule has 0 radical (unpaired) electrons. The van der Waals surface area contributed by atoms with Crippen molar-refractivity contribution >= 4 is 40.7 Å². The predicted molar refractivity (Wildman–Crippen MR) is 114 cm³/mol. The van der Waals surface area contributed by atoms with Crippen molar-refractivity contribution in [2.24, 2.45) is 5.92 Å². The average molecular weight is 420 g/mol. The van der Waals surface area contributed by atoms with Gasteiger partial charge in [0, 0.05) is 10.6 Å². The van der Waals surface area contributed by atoms with Gasteiger partial charge in [0.25, 0.3) is 11.8 Å². The summed E-state index contributed by atoms with van der Waals surface area (Å²) >= 11 is 10.9. The maximum atomic E-state index is 12.5. The molecule has 0 bridgehead atoms. The van der Waals surface area contributed by atoms with Crippen LogP contribution in [-0.2, 0) is 0 Å². The van der Waals surface area contributed by atoms with E-state index in [1.54, 1.807) is 48.5 Å². The Balaban J connectivity index is 1.89. The third kappa shape index (κ3) is 6.83. The molecule has 0 unspecified atom stereocenters. The molecule has 0 fully saturated rings. The number of para-hydroxylation sites is 1. The Morgan fingerprint density at radius 2 is 1.71 bits per heavy atom. The maximum Gasteiger partial charge on any atom is 0.269 e. The summed E-state index contributed by atoms with van der Waals surface area (Å²) in [6.07, 6.45) is 0.882. The van der Waals surface area contributed by atoms with Crippen molar-refractivity contribution in [1.82, 2.24) is 16.2 Å². The molecule has 0 atom stereocenters. The van der Waals surface area contributed by atoms with Crippen LogP contribution in [0.3, 0.4) is 0 Å². The third-order valence-corrected chi connectivity index (χ3v) is 4.16. The van der Waals surface area contributed by atoms with Gasteiger partial charge in [0.1, 0.15) is 5.75 Å². The lowest BCUT2D eigenvalue weighted by Crippen LogP contribution is -2.48. The van der Waals surface area contributed by atoms with Gasteiger partial charge in [0.15, 0.2) is 5.11 Å². The van der Waals surface area contributed by atoms with E-state index in [9.17, 15) is 9.59 Å². The van der Waals surface area contributed by atoms with Crippen LogP contribution >= 0.6 is 23.8 Å². The zero-order chi connectivity index (χ0) is 20.5. The van der Waals surface area contributed by atoms with Crippen molar-refractivity contribution in [1.29, 1.82) is 0 Å². The standard InChI is InChI=1S/C20H22ClN3O3S/c1-13(2)11-12-27-17-6-4-3-5-16(17)19(26)22-20(28)24-23-18(25)14-7-9-15(21)10-8-14/h3-10,13H,11-12H2,1-2H3,(H,23,25)(H2,22,24,26,28). The Morgan fingerprint density at radius 1 is 1.04 bits per heavy atom. The highest BCUT2D eigenvalue weighted by Crippen LogP contribution is 2.18. The van der Waals surface area contributed by atoms with E-state index in [0.717, 1.165) is 6.42 Å². The SMILES string of the molecule is CC(C)CCOc1ccccc1C(=O)NC(=S)NNC(=O)c1ccc(Cl)cc1. The van der Waals surface area contributed by atoms with Crippen molar-refractivity contribution in [3.63, 3.8) is 0 Å². The second-order valence-electron chi connectivity index (χ2n) is 6.40. The fourth-order valence-corrected chi connectivity index (χ4v) is 2.44. The van der Waals surface area contributed by atoms with Crippen LogP contribution < -0.4 is 20.9 Å². The normalized spacial score (nSPS) is 10.3. The van der Waals surface area contributed by atoms with Gasteiger partial charge in [-0.2, -0.15) is 0 Å². The molecule has 6 nitrogen and oxygen atoms in total. The smallest absolute Gasteiger partial charge is 0.269 e. The number of carbonyl (C=O) groups excluding carboxylic acids is 2. The number of thiocarbonyl (C=S) groups is 1. The molecule has 2 aromatic rings. The largest absolute Gasteiger partial charge is 0.493 e. The minimum atomic E-state index is -0.432. The summed E-state index contributed by atoms with van der Waals surface area (Å²) in [4.78, 5) is 24.5. The fourth-order valence-electron chi connectivity index (χ4n) is 2.17. The fraction of sp³-hybridized carbons (Fsp3) is 0.250. The summed E-state index contributed by atoms with van der Waals surface area (Å²) in [7, 11) is 0. The van der Waals surface area contributed by atoms with E-state index in [0.29, 0.717) is 34.4 Å². The molecule has 0 aliphatic rings. The van der Waals surface area contributed by atoms with E-state index in [2.05, 4.69) is 30.0 Å². The second kappa shape index (κ2) is 10.6. The zero-order valence-corrected chi connectivity index (χ0v) is 17.2. The molecule has 148 valence electrons. The lowest BCUT2D eigenvalue weighted by Gasteiger charge is -2.14. The maximum absolute atomic E-state index is 12.5. The third-order valence-electron chi connectivity index (χ3n) is 3.71. The van der Waals surface area contributed by atoms with Crippen LogP contribution in [0.25, 0.3) is 0 Å². The Labute approximate surface area is 174 Å². The highest BCUT2D eigenvalue weighted by molar-refractivity contribution is 7.80. The number of ether oxygens (including phenoxy) is 1. The summed E-state index contributed by atoms with van der Waals surface area (Å²) in [6, 6.07) is 13.3. The average Bonchev–Trinajstić information content (AvgIpc) is 2.66. The van der Waals surface area contributed by atoms with Gasteiger partial charge in [0.05, 0.1) is 12.2 Å². The number of amides is 2. The summed E-state index contributed by atoms with van der Waals surface area (Å²) in [5.74, 6) is 0.139. The monoisotopic (exact) mass is 419 g/mol. The van der Waals surface area contributed by atoms with Gasteiger partial charge in [-0.15, -0.1) is 0 Å². The van der Waals surface area contributed by atoms with E-state index in [-0.39, 0.29) is 5.11 Å². The van der Waals surface area contributed by atoms with Crippen LogP contribution in [0.2, 0.25) is 5.02 Å². The highest BCUT2D eigenvalue weighted by atomic mass is 35.5. The lowest BCUT2D eigenvalue weighted by molar-refractivity contribution is 0.0933. The van der Waals surface area contributed by atoms with Gasteiger partial charge in [0.2, 0.25) is 0 Å². The molecule has 2 rings (SSSR count). The number of hydrogen-bond donors (Lipinski definition) is 3. The Hall–Kier alpha value is -2.64. The zero-order valence-electron chi connectivity index (χ0n) is 15.6. The van der Waals surface area contributed by atoms with Crippen LogP contribution in [0.15, 0.2) is 48.5 Å². The summed E-state index contributed by atoms with van der Waals surface area (Å²) in [5, 5.41) is 3.01. The molecule has 3 N–H and O–H groups in total. The lowest BCUT2D eigenvalue weighted by atomic mass is 10.1. The first-order valence-electron chi connectivity index (χ1n) is 8.76. The molecule has 0 aromatic heterocycles. The Kier molecular flexibility index (Phi) is 8.22. The number of rotatable bonds is 6. The number of carbonyl (C=O) groups is 2. The Morgan fingerprint density at radius 3 is 2.39 bits per heavy atom. The molecule has 8 heteroatoms. The van der Waals surface area contributed by atoms with Crippen LogP contribution in [0.1, 0.15) is 41.0 Å². The predicted octanol–water partition coefficient (Wildman–Crippen LogP) is 3.71. The van der Waals surface area contributed by atoms with Gasteiger partial charge in [-0.25, -0.2) is 0 Å². The number of hydrazine groups is 1. The van der Waals surface area contributed by atoms with Crippen molar-refractivity contribution in [2.45, 2.75) is 20.3 Å². The number of nitrogens with one attached hydrogen (secondary N) is 3. The molecule has 0 saturated heterocycles. The van der Waals surface area contributed by atoms with Crippen molar-refractivity contribution in [2.75, 3.05) is 6.61 Å². The molecule has 0 spiro atoms. The van der Waals surface area contributed by atoms with E-state index in [1.165, 1.54) is 0 Å². The van der Waals surface area contributed by atoms with Gasteiger partial charge < -0.3 is 4.74 Å². The van der Waals surface area contributed by atoms with E-state index in [1.807, 2.05) is 0 Å². The molecular formula is C20H22ClN3O3S. The van der Waals surface area contributed by atoms with E-state index < -0.39 is 11.8 Å². The number of benzene rings is 2. The first kappa shape index (κ1) is 21.7. The number of halogens is 1. The van der Waals surface area contributed by atoms with Crippen LogP contribution in [0.5, 0.6) is 5.75 Å². The first-order chi connectivity index (χ1) is 13.4. The molecule has 0 heterocycles. The number of hydrogen-bond acceptors (Lipinski definition) is 4. The minimum Gasteiger partial charge on any atom is -0.493 e. The van der Waals surface area contributed by atoms with Crippen LogP contribution in [-0.4, -0.2) is 23.5 Å². The second-order valence-corrected chi connectivity index (χ2v) is 7.24. The molecule has 28 heavy (non-hydrogen) atoms. The van der Waals surface area contributed by atoms with E-state index in [4.69, 9.17) is 28.6 Å². The summed E-state index contributed by atoms with van der Waals surface area (Å²) in [6.45, 7) is 4.72.